The van der Waals surface area contributed by atoms with Crippen LogP contribution in [0.4, 0.5) is 0 Å². The molecule has 1 unspecified atom stereocenters. The first-order valence-corrected chi connectivity index (χ1v) is 8.75. The number of H-pyrrole nitrogens is 1. The minimum absolute atomic E-state index is 0. The van der Waals surface area contributed by atoms with Crippen LogP contribution in [0, 0.1) is 0 Å². The third-order valence-electron chi connectivity index (χ3n) is 4.54. The summed E-state index contributed by atoms with van der Waals surface area (Å²) in [5, 5.41) is 20.8. The maximum Gasteiger partial charge on any atom is 0.194 e. The van der Waals surface area contributed by atoms with E-state index in [1.807, 2.05) is 6.92 Å². The van der Waals surface area contributed by atoms with Gasteiger partial charge in [-0.25, -0.2) is 9.98 Å². The molecule has 0 aliphatic carbocycles. The third kappa shape index (κ3) is 4.97. The Labute approximate surface area is 170 Å². The number of rotatable bonds is 5. The molecule has 144 valence electrons. The number of aromatic amines is 1. The lowest BCUT2D eigenvalue weighted by Crippen LogP contribution is -2.46. The molecular weight excluding hydrogens is 447 g/mol. The predicted octanol–water partition coefficient (Wildman–Crippen LogP) is 2.07. The summed E-state index contributed by atoms with van der Waals surface area (Å²) in [5.41, 5.74) is -1.12. The van der Waals surface area contributed by atoms with Gasteiger partial charge in [-0.2, -0.15) is 5.10 Å². The number of halogens is 1. The highest BCUT2D eigenvalue weighted by Crippen LogP contribution is 2.25. The average Bonchev–Trinajstić information content (AvgIpc) is 3.32. The van der Waals surface area contributed by atoms with E-state index < -0.39 is 5.60 Å². The second kappa shape index (κ2) is 9.36. The monoisotopic (exact) mass is 474 g/mol. The fourth-order valence-electron chi connectivity index (χ4n) is 3.09. The Bertz CT molecular complexity index is 664. The zero-order chi connectivity index (χ0) is 17.7. The van der Waals surface area contributed by atoms with E-state index in [-0.39, 0.29) is 30.5 Å². The van der Waals surface area contributed by atoms with E-state index in [1.54, 1.807) is 31.6 Å². The second-order valence-corrected chi connectivity index (χ2v) is 6.55. The highest BCUT2D eigenvalue weighted by atomic mass is 127. The smallest absolute Gasteiger partial charge is 0.194 e. The lowest BCUT2D eigenvalue weighted by atomic mass is 9.96. The molecule has 1 fully saturated rings. The van der Waals surface area contributed by atoms with Gasteiger partial charge in [0.25, 0.3) is 0 Å². The first-order valence-electron chi connectivity index (χ1n) is 8.75. The molecule has 8 nitrogen and oxygen atoms in total. The van der Waals surface area contributed by atoms with Gasteiger partial charge in [-0.15, -0.1) is 24.0 Å². The molecule has 0 saturated carbocycles. The molecule has 2 aromatic rings. The quantitative estimate of drug-likeness (QED) is 0.349. The summed E-state index contributed by atoms with van der Waals surface area (Å²) in [6.45, 7) is 6.56. The first-order chi connectivity index (χ1) is 12.1. The summed E-state index contributed by atoms with van der Waals surface area (Å²) in [7, 11) is 0. The lowest BCUT2D eigenvalue weighted by molar-refractivity contribution is 0.0434. The summed E-state index contributed by atoms with van der Waals surface area (Å²) < 4.78 is 5.32. The van der Waals surface area contributed by atoms with Crippen LogP contribution in [0.15, 0.2) is 34.1 Å². The molecule has 3 heterocycles. The van der Waals surface area contributed by atoms with E-state index in [0.29, 0.717) is 11.7 Å². The molecule has 0 bridgehead atoms. The Hall–Kier alpha value is -1.62. The highest BCUT2D eigenvalue weighted by molar-refractivity contribution is 14.0. The van der Waals surface area contributed by atoms with E-state index in [2.05, 4.69) is 30.4 Å². The van der Waals surface area contributed by atoms with Gasteiger partial charge < -0.3 is 19.7 Å². The van der Waals surface area contributed by atoms with Gasteiger partial charge >= 0.3 is 0 Å². The van der Waals surface area contributed by atoms with Gasteiger partial charge in [-0.3, -0.25) is 5.10 Å². The van der Waals surface area contributed by atoms with E-state index in [9.17, 15) is 5.11 Å². The number of aromatic nitrogens is 3. The fourth-order valence-corrected chi connectivity index (χ4v) is 3.09. The van der Waals surface area contributed by atoms with Crippen LogP contribution in [0.2, 0.25) is 0 Å². The number of hydrogen-bond acceptors (Lipinski definition) is 5. The van der Waals surface area contributed by atoms with Crippen molar-refractivity contribution in [1.82, 2.24) is 25.4 Å². The SMILES string of the molecule is CCNC(=NCC(C)(O)c1ccco1)N1CCC(c2ncn[nH]2)CC1.I. The van der Waals surface area contributed by atoms with Crippen molar-refractivity contribution >= 4 is 29.9 Å². The molecule has 0 amide bonds. The van der Waals surface area contributed by atoms with Crippen molar-refractivity contribution in [2.75, 3.05) is 26.2 Å². The molecule has 1 aliphatic rings. The largest absolute Gasteiger partial charge is 0.466 e. The van der Waals surface area contributed by atoms with Crippen LogP contribution in [0.5, 0.6) is 0 Å². The Morgan fingerprint density at radius 1 is 1.50 bits per heavy atom. The molecule has 0 aromatic carbocycles. The Kier molecular flexibility index (Phi) is 7.44. The van der Waals surface area contributed by atoms with Gasteiger partial charge in [0.05, 0.1) is 12.8 Å². The molecule has 0 radical (unpaired) electrons. The van der Waals surface area contributed by atoms with Gasteiger partial charge in [-0.05, 0) is 38.8 Å². The molecule has 3 N–H and O–H groups in total. The Morgan fingerprint density at radius 2 is 2.27 bits per heavy atom. The Balaban J connectivity index is 0.00000243. The number of hydrogen-bond donors (Lipinski definition) is 3. The summed E-state index contributed by atoms with van der Waals surface area (Å²) >= 11 is 0. The number of aliphatic imine (C=N–C) groups is 1. The van der Waals surface area contributed by atoms with Crippen molar-refractivity contribution in [2.45, 2.75) is 38.2 Å². The topological polar surface area (TPSA) is 103 Å². The van der Waals surface area contributed by atoms with E-state index in [1.165, 1.54) is 0 Å². The van der Waals surface area contributed by atoms with Crippen molar-refractivity contribution in [3.63, 3.8) is 0 Å². The van der Waals surface area contributed by atoms with Gasteiger partial charge in [0.2, 0.25) is 0 Å². The number of likely N-dealkylation sites (tertiary alicyclic amines) is 1. The number of nitrogens with one attached hydrogen (secondary N) is 2. The molecule has 3 rings (SSSR count). The number of furan rings is 1. The van der Waals surface area contributed by atoms with Gasteiger partial charge in [0.1, 0.15) is 23.5 Å². The van der Waals surface area contributed by atoms with Gasteiger partial charge in [-0.1, -0.05) is 0 Å². The van der Waals surface area contributed by atoms with Crippen molar-refractivity contribution < 1.29 is 9.52 Å². The summed E-state index contributed by atoms with van der Waals surface area (Å²) in [4.78, 5) is 11.1. The minimum atomic E-state index is -1.12. The molecule has 9 heteroatoms. The van der Waals surface area contributed by atoms with Crippen LogP contribution < -0.4 is 5.32 Å². The van der Waals surface area contributed by atoms with Crippen molar-refractivity contribution in [2.24, 2.45) is 4.99 Å². The maximum atomic E-state index is 10.6. The molecule has 0 spiro atoms. The van der Waals surface area contributed by atoms with Crippen LogP contribution in [0.3, 0.4) is 0 Å². The van der Waals surface area contributed by atoms with E-state index in [4.69, 9.17) is 4.42 Å². The van der Waals surface area contributed by atoms with Crippen molar-refractivity contribution in [1.29, 1.82) is 0 Å². The molecular formula is C17H27IN6O2. The number of aliphatic hydroxyl groups is 1. The summed E-state index contributed by atoms with van der Waals surface area (Å²) in [5.74, 6) is 2.72. The van der Waals surface area contributed by atoms with Crippen LogP contribution in [0.1, 0.15) is 44.2 Å². The molecule has 1 atom stereocenters. The Morgan fingerprint density at radius 3 is 2.85 bits per heavy atom. The maximum absolute atomic E-state index is 10.6. The standard InChI is InChI=1S/C17H26N6O2.HI/c1-3-18-16(19-11-17(2,24)14-5-4-10-25-14)23-8-6-13(7-9-23)15-20-12-21-22-15;/h4-5,10,12-13,24H,3,6-9,11H2,1-2H3,(H,18,19)(H,20,21,22);1H. The highest BCUT2D eigenvalue weighted by Gasteiger charge is 2.28. The van der Waals surface area contributed by atoms with Crippen LogP contribution >= 0.6 is 24.0 Å². The van der Waals surface area contributed by atoms with Gasteiger partial charge in [0.15, 0.2) is 5.96 Å². The summed E-state index contributed by atoms with van der Waals surface area (Å²) in [6.07, 6.45) is 5.11. The number of guanidine groups is 1. The van der Waals surface area contributed by atoms with Crippen molar-refractivity contribution in [3.05, 3.63) is 36.3 Å². The zero-order valence-corrected chi connectivity index (χ0v) is 17.5. The average molecular weight is 474 g/mol. The third-order valence-corrected chi connectivity index (χ3v) is 4.54. The second-order valence-electron chi connectivity index (χ2n) is 6.55. The number of nitrogens with zero attached hydrogens (tertiary/aromatic N) is 4. The van der Waals surface area contributed by atoms with Crippen LogP contribution in [-0.2, 0) is 5.60 Å². The molecule has 1 aliphatic heterocycles. The number of piperidine rings is 1. The van der Waals surface area contributed by atoms with Crippen LogP contribution in [-0.4, -0.2) is 57.3 Å². The predicted molar refractivity (Wildman–Crippen MR) is 110 cm³/mol. The lowest BCUT2D eigenvalue weighted by Gasteiger charge is -2.34. The molecule has 26 heavy (non-hydrogen) atoms. The van der Waals surface area contributed by atoms with Gasteiger partial charge in [0, 0.05) is 25.6 Å². The van der Waals surface area contributed by atoms with E-state index >= 15 is 0 Å². The van der Waals surface area contributed by atoms with E-state index in [0.717, 1.165) is 44.3 Å². The zero-order valence-electron chi connectivity index (χ0n) is 15.2. The summed E-state index contributed by atoms with van der Waals surface area (Å²) in [6, 6.07) is 3.54. The normalized spacial score (nSPS) is 18.3. The molecule has 2 aromatic heterocycles. The first kappa shape index (κ1) is 20.7. The van der Waals surface area contributed by atoms with Crippen LogP contribution in [0.25, 0.3) is 0 Å². The molecule has 1 saturated heterocycles. The fraction of sp³-hybridized carbons (Fsp3) is 0.588. The minimum Gasteiger partial charge on any atom is -0.466 e. The van der Waals surface area contributed by atoms with Crippen molar-refractivity contribution in [3.8, 4) is 0 Å².